The number of benzene rings is 6. The summed E-state index contributed by atoms with van der Waals surface area (Å²) in [5.41, 5.74) is 9.85. The molecule has 56 heavy (non-hydrogen) atoms. The minimum absolute atomic E-state index is 0.627. The van der Waals surface area contributed by atoms with Gasteiger partial charge in [0.2, 0.25) is 0 Å². The van der Waals surface area contributed by atoms with Crippen molar-refractivity contribution in [2.75, 3.05) is 0 Å². The summed E-state index contributed by atoms with van der Waals surface area (Å²) in [6.45, 7) is 0. The van der Waals surface area contributed by atoms with Gasteiger partial charge in [0.05, 0.1) is 23.8 Å². The van der Waals surface area contributed by atoms with E-state index < -0.39 is 0 Å². The Morgan fingerprint density at radius 1 is 0.286 bits per heavy atom. The van der Waals surface area contributed by atoms with Crippen molar-refractivity contribution in [2.45, 2.75) is 0 Å². The van der Waals surface area contributed by atoms with Gasteiger partial charge < -0.3 is 0 Å². The van der Waals surface area contributed by atoms with E-state index in [1.165, 1.54) is 0 Å². The highest BCUT2D eigenvalue weighted by molar-refractivity contribution is 6.20. The third kappa shape index (κ3) is 6.11. The summed E-state index contributed by atoms with van der Waals surface area (Å²) >= 11 is 0. The Morgan fingerprint density at radius 2 is 0.714 bits per heavy atom. The fraction of sp³-hybridized carbons (Fsp3) is 0. The molecule has 4 heterocycles. The van der Waals surface area contributed by atoms with E-state index in [9.17, 15) is 0 Å². The Morgan fingerprint density at radius 3 is 1.18 bits per heavy atom. The Hall–Kier alpha value is -7.84. The molecule has 0 atom stereocenters. The Kier molecular flexibility index (Phi) is 8.31. The molecule has 0 aliphatic rings. The average Bonchev–Trinajstić information content (AvgIpc) is 3.29. The Bertz CT molecular complexity index is 2820. The lowest BCUT2D eigenvalue weighted by Gasteiger charge is -2.18. The number of aromatic nitrogens is 8. The number of nitrogens with zero attached hydrogens (tertiary/aromatic N) is 8. The summed E-state index contributed by atoms with van der Waals surface area (Å²) in [5, 5.41) is 4.34. The van der Waals surface area contributed by atoms with Crippen LogP contribution in [0.5, 0.6) is 0 Å². The smallest absolute Gasteiger partial charge is 0.165 e. The second kappa shape index (κ2) is 14.2. The van der Waals surface area contributed by atoms with Gasteiger partial charge in [0, 0.05) is 41.5 Å². The number of fused-ring (bicyclic) bond motifs is 2. The van der Waals surface area contributed by atoms with Crippen molar-refractivity contribution in [3.05, 3.63) is 183 Å². The normalized spacial score (nSPS) is 11.2. The monoisotopic (exact) mass is 718 g/mol. The quantitative estimate of drug-likeness (QED) is 0.150. The van der Waals surface area contributed by atoms with Gasteiger partial charge in [0.1, 0.15) is 11.4 Å². The maximum atomic E-state index is 5.16. The average molecular weight is 719 g/mol. The van der Waals surface area contributed by atoms with E-state index in [-0.39, 0.29) is 0 Å². The van der Waals surface area contributed by atoms with Crippen molar-refractivity contribution >= 4 is 21.5 Å². The fourth-order valence-electron chi connectivity index (χ4n) is 7.25. The largest absolute Gasteiger partial charge is 0.261 e. The summed E-state index contributed by atoms with van der Waals surface area (Å²) in [4.78, 5) is 37.8. The van der Waals surface area contributed by atoms with Crippen LogP contribution in [0.1, 0.15) is 0 Å². The predicted molar refractivity (Wildman–Crippen MR) is 222 cm³/mol. The van der Waals surface area contributed by atoms with Crippen molar-refractivity contribution in [2.24, 2.45) is 0 Å². The molecule has 6 aromatic carbocycles. The first kappa shape index (κ1) is 32.8. The van der Waals surface area contributed by atoms with Crippen LogP contribution in [0.25, 0.3) is 101 Å². The fourth-order valence-corrected chi connectivity index (χ4v) is 7.25. The predicted octanol–water partition coefficient (Wildman–Crippen LogP) is 10.8. The van der Waals surface area contributed by atoms with Crippen LogP contribution in [0, 0.1) is 0 Å². The first-order chi connectivity index (χ1) is 27.8. The standard InChI is InChI=1S/C48H30N8/c1-3-11-33(12-4-1)46-54-47(34-13-5-2-6-14-34)56-48(55-46)45-38-17-9-7-15-36(38)44(37-16-8-10-18-39(37)45)32-21-19-31(20-22-32)35-27-40(42-29-49-23-25-51-42)53-41(28-35)43-30-50-24-26-52-43/h1-30H. The molecule has 0 unspecified atom stereocenters. The molecule has 0 saturated carbocycles. The lowest BCUT2D eigenvalue weighted by molar-refractivity contribution is 1.08. The van der Waals surface area contributed by atoms with Gasteiger partial charge in [-0.15, -0.1) is 0 Å². The molecule has 0 aliphatic heterocycles. The lowest BCUT2D eigenvalue weighted by Crippen LogP contribution is -2.01. The highest BCUT2D eigenvalue weighted by Gasteiger charge is 2.21. The van der Waals surface area contributed by atoms with Crippen LogP contribution in [-0.2, 0) is 0 Å². The SMILES string of the molecule is c1ccc(-c2nc(-c3ccccc3)nc(-c3c4ccccc4c(-c4ccc(-c5cc(-c6cnccn6)nc(-c6cnccn6)c5)cc4)c4ccccc34)n2)cc1. The zero-order chi connectivity index (χ0) is 37.3. The number of rotatable bonds is 7. The molecular weight excluding hydrogens is 689 g/mol. The molecule has 10 rings (SSSR count). The van der Waals surface area contributed by atoms with Crippen molar-refractivity contribution in [3.8, 4) is 79.2 Å². The van der Waals surface area contributed by atoms with Crippen LogP contribution < -0.4 is 0 Å². The van der Waals surface area contributed by atoms with E-state index in [1.807, 2.05) is 72.8 Å². The molecule has 0 spiro atoms. The summed E-state index contributed by atoms with van der Waals surface area (Å²) in [7, 11) is 0. The molecule has 8 nitrogen and oxygen atoms in total. The van der Waals surface area contributed by atoms with Gasteiger partial charge in [0.15, 0.2) is 17.5 Å². The molecule has 4 aromatic heterocycles. The molecule has 0 radical (unpaired) electrons. The molecule has 10 aromatic rings. The van der Waals surface area contributed by atoms with E-state index in [0.717, 1.165) is 60.5 Å². The summed E-state index contributed by atoms with van der Waals surface area (Å²) in [5.74, 6) is 1.88. The molecule has 0 fully saturated rings. The molecular formula is C48H30N8. The van der Waals surface area contributed by atoms with Gasteiger partial charge >= 0.3 is 0 Å². The third-order valence-corrected chi connectivity index (χ3v) is 9.84. The van der Waals surface area contributed by atoms with Crippen LogP contribution in [0.2, 0.25) is 0 Å². The lowest BCUT2D eigenvalue weighted by atomic mass is 9.87. The maximum Gasteiger partial charge on any atom is 0.165 e. The molecule has 0 amide bonds. The van der Waals surface area contributed by atoms with Gasteiger partial charge in [-0.05, 0) is 55.9 Å². The van der Waals surface area contributed by atoms with Gasteiger partial charge in [-0.1, -0.05) is 133 Å². The maximum absolute atomic E-state index is 5.16. The van der Waals surface area contributed by atoms with E-state index in [1.54, 1.807) is 37.2 Å². The second-order valence-electron chi connectivity index (χ2n) is 13.3. The zero-order valence-corrected chi connectivity index (χ0v) is 29.9. The number of hydrogen-bond acceptors (Lipinski definition) is 8. The minimum Gasteiger partial charge on any atom is -0.261 e. The third-order valence-electron chi connectivity index (χ3n) is 9.84. The zero-order valence-electron chi connectivity index (χ0n) is 29.9. The highest BCUT2D eigenvalue weighted by Crippen LogP contribution is 2.43. The van der Waals surface area contributed by atoms with E-state index >= 15 is 0 Å². The van der Waals surface area contributed by atoms with Gasteiger partial charge in [-0.2, -0.15) is 0 Å². The van der Waals surface area contributed by atoms with Crippen molar-refractivity contribution in [1.29, 1.82) is 0 Å². The van der Waals surface area contributed by atoms with E-state index in [0.29, 0.717) is 40.2 Å². The van der Waals surface area contributed by atoms with Crippen molar-refractivity contribution in [1.82, 2.24) is 39.9 Å². The molecule has 0 saturated heterocycles. The summed E-state index contributed by atoms with van der Waals surface area (Å²) in [6.07, 6.45) is 10.1. The van der Waals surface area contributed by atoms with Crippen LogP contribution in [0.15, 0.2) is 183 Å². The first-order valence-electron chi connectivity index (χ1n) is 18.2. The topological polar surface area (TPSA) is 103 Å². The second-order valence-corrected chi connectivity index (χ2v) is 13.3. The number of hydrogen-bond donors (Lipinski definition) is 0. The highest BCUT2D eigenvalue weighted by atomic mass is 15.0. The van der Waals surface area contributed by atoms with E-state index in [2.05, 4.69) is 92.7 Å². The van der Waals surface area contributed by atoms with Gasteiger partial charge in [-0.25, -0.2) is 19.9 Å². The van der Waals surface area contributed by atoms with Crippen molar-refractivity contribution < 1.29 is 0 Å². The summed E-state index contributed by atoms with van der Waals surface area (Å²) < 4.78 is 0. The Balaban J connectivity index is 1.14. The molecule has 262 valence electrons. The molecule has 8 heteroatoms. The van der Waals surface area contributed by atoms with Crippen LogP contribution in [0.3, 0.4) is 0 Å². The molecule has 0 bridgehead atoms. The first-order valence-corrected chi connectivity index (χ1v) is 18.2. The van der Waals surface area contributed by atoms with Crippen LogP contribution >= 0.6 is 0 Å². The van der Waals surface area contributed by atoms with Crippen molar-refractivity contribution in [3.63, 3.8) is 0 Å². The molecule has 0 N–H and O–H groups in total. The minimum atomic E-state index is 0.627. The molecule has 0 aliphatic carbocycles. The van der Waals surface area contributed by atoms with Gasteiger partial charge in [0.25, 0.3) is 0 Å². The summed E-state index contributed by atoms with van der Waals surface area (Å²) in [6, 6.07) is 50.0. The van der Waals surface area contributed by atoms with E-state index in [4.69, 9.17) is 19.9 Å². The Labute approximate surface area is 322 Å². The van der Waals surface area contributed by atoms with Crippen LogP contribution in [-0.4, -0.2) is 39.9 Å². The van der Waals surface area contributed by atoms with Crippen LogP contribution in [0.4, 0.5) is 0 Å². The number of pyridine rings is 1. The van der Waals surface area contributed by atoms with Gasteiger partial charge in [-0.3, -0.25) is 19.9 Å².